The van der Waals surface area contributed by atoms with E-state index >= 15 is 0 Å². The summed E-state index contributed by atoms with van der Waals surface area (Å²) in [6.07, 6.45) is 0.316. The number of aryl methyl sites for hydroxylation is 1. The molecule has 0 bridgehead atoms. The van der Waals surface area contributed by atoms with E-state index in [1.807, 2.05) is 61.5 Å². The van der Waals surface area contributed by atoms with Crippen LogP contribution in [0.4, 0.5) is 16.2 Å². The molecule has 1 aliphatic heterocycles. The summed E-state index contributed by atoms with van der Waals surface area (Å²) < 4.78 is 0. The van der Waals surface area contributed by atoms with E-state index in [2.05, 4.69) is 10.6 Å². The molecule has 2 aromatic rings. The maximum atomic E-state index is 12.1. The predicted molar refractivity (Wildman–Crippen MR) is 90.5 cm³/mol. The van der Waals surface area contributed by atoms with Crippen molar-refractivity contribution in [1.82, 2.24) is 5.32 Å². The number of para-hydroxylation sites is 1. The van der Waals surface area contributed by atoms with Gasteiger partial charge in [-0.2, -0.15) is 0 Å². The van der Waals surface area contributed by atoms with Gasteiger partial charge in [0.25, 0.3) is 0 Å². The van der Waals surface area contributed by atoms with Gasteiger partial charge < -0.3 is 15.5 Å². The van der Waals surface area contributed by atoms with Crippen LogP contribution < -0.4 is 15.5 Å². The molecule has 3 amide bonds. The van der Waals surface area contributed by atoms with Gasteiger partial charge in [0, 0.05) is 24.3 Å². The number of benzene rings is 2. The molecule has 0 saturated carbocycles. The van der Waals surface area contributed by atoms with Gasteiger partial charge >= 0.3 is 6.03 Å². The molecule has 1 fully saturated rings. The summed E-state index contributed by atoms with van der Waals surface area (Å²) in [7, 11) is 0. The van der Waals surface area contributed by atoms with E-state index in [9.17, 15) is 9.59 Å². The van der Waals surface area contributed by atoms with Gasteiger partial charge in [0.2, 0.25) is 5.91 Å². The summed E-state index contributed by atoms with van der Waals surface area (Å²) in [6.45, 7) is 2.48. The van der Waals surface area contributed by atoms with E-state index in [0.717, 1.165) is 16.9 Å². The minimum atomic E-state index is -0.290. The molecule has 3 rings (SSSR count). The Labute approximate surface area is 135 Å². The maximum absolute atomic E-state index is 12.1. The fraction of sp³-hybridized carbons (Fsp3) is 0.222. The number of rotatable bonds is 3. The number of nitrogens with one attached hydrogen (secondary N) is 2. The Morgan fingerprint density at radius 3 is 2.48 bits per heavy atom. The van der Waals surface area contributed by atoms with Crippen molar-refractivity contribution in [3.63, 3.8) is 0 Å². The Morgan fingerprint density at radius 1 is 1.09 bits per heavy atom. The van der Waals surface area contributed by atoms with Crippen molar-refractivity contribution in [1.29, 1.82) is 0 Å². The van der Waals surface area contributed by atoms with Crippen molar-refractivity contribution in [2.75, 3.05) is 16.8 Å². The van der Waals surface area contributed by atoms with Gasteiger partial charge in [0.15, 0.2) is 0 Å². The third-order valence-corrected chi connectivity index (χ3v) is 3.84. The van der Waals surface area contributed by atoms with Crippen molar-refractivity contribution in [2.45, 2.75) is 19.4 Å². The molecule has 0 unspecified atom stereocenters. The quantitative estimate of drug-likeness (QED) is 0.916. The lowest BCUT2D eigenvalue weighted by atomic mass is 10.2. The third-order valence-electron chi connectivity index (χ3n) is 3.84. The Kier molecular flexibility index (Phi) is 4.28. The first-order valence-corrected chi connectivity index (χ1v) is 7.61. The monoisotopic (exact) mass is 309 g/mol. The maximum Gasteiger partial charge on any atom is 0.319 e. The Bertz CT molecular complexity index is 698. The molecule has 5 nitrogen and oxygen atoms in total. The molecule has 1 atom stereocenters. The van der Waals surface area contributed by atoms with Crippen LogP contribution in [0, 0.1) is 6.92 Å². The molecule has 118 valence electrons. The van der Waals surface area contributed by atoms with Crippen LogP contribution in [0.2, 0.25) is 0 Å². The second kappa shape index (κ2) is 6.52. The highest BCUT2D eigenvalue weighted by atomic mass is 16.2. The number of hydrogen-bond acceptors (Lipinski definition) is 2. The number of carbonyl (C=O) groups excluding carboxylic acids is 2. The van der Waals surface area contributed by atoms with Crippen molar-refractivity contribution in [3.05, 3.63) is 60.2 Å². The van der Waals surface area contributed by atoms with Crippen molar-refractivity contribution >= 4 is 23.3 Å². The Morgan fingerprint density at radius 2 is 1.78 bits per heavy atom. The first-order chi connectivity index (χ1) is 11.1. The summed E-state index contributed by atoms with van der Waals surface area (Å²) in [5, 5.41) is 5.65. The highest BCUT2D eigenvalue weighted by molar-refractivity contribution is 5.97. The van der Waals surface area contributed by atoms with Crippen LogP contribution >= 0.6 is 0 Å². The first kappa shape index (κ1) is 15.1. The second-order valence-electron chi connectivity index (χ2n) is 5.71. The minimum absolute atomic E-state index is 0.0248. The standard InChI is InChI=1S/C18H19N3O2/c1-13-7-9-14(10-8-13)19-18(23)20-15-11-17(22)21(12-15)16-5-3-2-4-6-16/h2-10,15H,11-12H2,1H3,(H2,19,20,23)/t15-/m0/s1. The lowest BCUT2D eigenvalue weighted by Gasteiger charge is -2.17. The fourth-order valence-electron chi connectivity index (χ4n) is 2.65. The SMILES string of the molecule is Cc1ccc(NC(=O)N[C@H]2CC(=O)N(c3ccccc3)C2)cc1. The lowest BCUT2D eigenvalue weighted by molar-refractivity contribution is -0.117. The number of amides is 3. The molecule has 1 heterocycles. The summed E-state index contributed by atoms with van der Waals surface area (Å²) in [6, 6.07) is 16.6. The van der Waals surface area contributed by atoms with Crippen LogP contribution in [-0.2, 0) is 4.79 Å². The average molecular weight is 309 g/mol. The van der Waals surface area contributed by atoms with Gasteiger partial charge in [-0.15, -0.1) is 0 Å². The van der Waals surface area contributed by atoms with Crippen LogP contribution in [0.15, 0.2) is 54.6 Å². The molecule has 0 aliphatic carbocycles. The smallest absolute Gasteiger partial charge is 0.319 e. The van der Waals surface area contributed by atoms with Crippen molar-refractivity contribution < 1.29 is 9.59 Å². The van der Waals surface area contributed by atoms with E-state index in [1.165, 1.54) is 0 Å². The van der Waals surface area contributed by atoms with Gasteiger partial charge in [-0.25, -0.2) is 4.79 Å². The fourth-order valence-corrected chi connectivity index (χ4v) is 2.65. The van der Waals surface area contributed by atoms with Gasteiger partial charge in [-0.05, 0) is 31.2 Å². The van der Waals surface area contributed by atoms with E-state index in [0.29, 0.717) is 13.0 Å². The van der Waals surface area contributed by atoms with Gasteiger partial charge in [0.05, 0.1) is 6.04 Å². The molecule has 2 aromatic carbocycles. The number of hydrogen-bond donors (Lipinski definition) is 2. The van der Waals surface area contributed by atoms with Crippen molar-refractivity contribution in [2.24, 2.45) is 0 Å². The van der Waals surface area contributed by atoms with Gasteiger partial charge in [0.1, 0.15) is 0 Å². The van der Waals surface area contributed by atoms with E-state index in [-0.39, 0.29) is 18.0 Å². The number of anilines is 2. The zero-order chi connectivity index (χ0) is 16.2. The van der Waals surface area contributed by atoms with Crippen molar-refractivity contribution in [3.8, 4) is 0 Å². The minimum Gasteiger partial charge on any atom is -0.333 e. The zero-order valence-electron chi connectivity index (χ0n) is 13.0. The molecular formula is C18H19N3O2. The number of urea groups is 1. The van der Waals surface area contributed by atoms with Crippen LogP contribution in [0.5, 0.6) is 0 Å². The average Bonchev–Trinajstić information content (AvgIpc) is 2.91. The lowest BCUT2D eigenvalue weighted by Crippen LogP contribution is -2.39. The second-order valence-corrected chi connectivity index (χ2v) is 5.71. The van der Waals surface area contributed by atoms with Crippen LogP contribution in [-0.4, -0.2) is 24.5 Å². The molecule has 1 saturated heterocycles. The molecular weight excluding hydrogens is 290 g/mol. The number of nitrogens with zero attached hydrogens (tertiary/aromatic N) is 1. The van der Waals surface area contributed by atoms with Crippen LogP contribution in [0.3, 0.4) is 0 Å². The molecule has 2 N–H and O–H groups in total. The Balaban J connectivity index is 1.57. The molecule has 23 heavy (non-hydrogen) atoms. The largest absolute Gasteiger partial charge is 0.333 e. The zero-order valence-corrected chi connectivity index (χ0v) is 13.0. The molecule has 5 heteroatoms. The highest BCUT2D eigenvalue weighted by Gasteiger charge is 2.31. The summed E-state index contributed by atoms with van der Waals surface area (Å²) >= 11 is 0. The third kappa shape index (κ3) is 3.69. The predicted octanol–water partition coefficient (Wildman–Crippen LogP) is 2.92. The van der Waals surface area contributed by atoms with Gasteiger partial charge in [-0.1, -0.05) is 35.9 Å². The summed E-state index contributed by atoms with van der Waals surface area (Å²) in [5.41, 5.74) is 2.73. The topological polar surface area (TPSA) is 61.4 Å². The summed E-state index contributed by atoms with van der Waals surface area (Å²) in [5.74, 6) is 0.0248. The van der Waals surface area contributed by atoms with E-state index in [1.54, 1.807) is 4.90 Å². The molecule has 0 aromatic heterocycles. The van der Waals surface area contributed by atoms with E-state index < -0.39 is 0 Å². The molecule has 0 spiro atoms. The van der Waals surface area contributed by atoms with E-state index in [4.69, 9.17) is 0 Å². The molecule has 0 radical (unpaired) electrons. The molecule has 1 aliphatic rings. The summed E-state index contributed by atoms with van der Waals surface area (Å²) in [4.78, 5) is 25.9. The first-order valence-electron chi connectivity index (χ1n) is 7.61. The Hall–Kier alpha value is -2.82. The highest BCUT2D eigenvalue weighted by Crippen LogP contribution is 2.21. The van der Waals surface area contributed by atoms with Crippen LogP contribution in [0.25, 0.3) is 0 Å². The van der Waals surface area contributed by atoms with Crippen LogP contribution in [0.1, 0.15) is 12.0 Å². The normalized spacial score (nSPS) is 17.2. The van der Waals surface area contributed by atoms with Gasteiger partial charge in [-0.3, -0.25) is 4.79 Å². The number of carbonyl (C=O) groups is 2.